The number of aliphatic hydroxyl groups excluding tert-OH is 1. The molecule has 0 aliphatic carbocycles. The van der Waals surface area contributed by atoms with Gasteiger partial charge in [0, 0.05) is 49.9 Å². The molecule has 0 bridgehead atoms. The number of methoxy groups -OCH3 is 1. The fourth-order valence-electron chi connectivity index (χ4n) is 3.98. The average molecular weight is 529 g/mol. The van der Waals surface area contributed by atoms with E-state index in [-0.39, 0.29) is 24.8 Å². The van der Waals surface area contributed by atoms with Crippen LogP contribution in [0, 0.1) is 12.7 Å². The van der Waals surface area contributed by atoms with E-state index in [1.54, 1.807) is 62.3 Å². The summed E-state index contributed by atoms with van der Waals surface area (Å²) in [5.41, 5.74) is 2.58. The van der Waals surface area contributed by atoms with E-state index in [1.165, 1.54) is 6.07 Å². The monoisotopic (exact) mass is 528 g/mol. The van der Waals surface area contributed by atoms with Crippen molar-refractivity contribution in [3.05, 3.63) is 82.3 Å². The van der Waals surface area contributed by atoms with Gasteiger partial charge >= 0.3 is 0 Å². The number of anilines is 1. The molecular formula is C27H26ClFN2O4S. The van der Waals surface area contributed by atoms with Crippen LogP contribution < -0.4 is 14.8 Å². The number of aromatic nitrogens is 1. The number of ether oxygens (including phenoxy) is 2. The molecule has 0 aliphatic rings. The van der Waals surface area contributed by atoms with Crippen molar-refractivity contribution >= 4 is 45.7 Å². The zero-order chi connectivity index (χ0) is 25.8. The SMILES string of the molecule is COc1cc(NC(C(=O)c2c[nH]c3cc(F)c(C)cc23)c2ccc(Cl)cc2OCCO)cc(SC)c1. The third kappa shape index (κ3) is 5.46. The molecule has 1 heterocycles. The number of ketones is 1. The van der Waals surface area contributed by atoms with Crippen LogP contribution in [-0.4, -0.2) is 42.5 Å². The van der Waals surface area contributed by atoms with Crippen LogP contribution in [0.1, 0.15) is 27.5 Å². The Bertz CT molecular complexity index is 1390. The minimum atomic E-state index is -0.887. The largest absolute Gasteiger partial charge is 0.497 e. The third-order valence-corrected chi connectivity index (χ3v) is 6.73. The number of carbonyl (C=O) groups is 1. The summed E-state index contributed by atoms with van der Waals surface area (Å²) >= 11 is 7.77. The molecule has 1 atom stereocenters. The zero-order valence-electron chi connectivity index (χ0n) is 20.0. The lowest BCUT2D eigenvalue weighted by Gasteiger charge is -2.23. The summed E-state index contributed by atoms with van der Waals surface area (Å²) in [6.07, 6.45) is 3.54. The molecule has 0 saturated heterocycles. The number of hydrogen-bond donors (Lipinski definition) is 3. The normalized spacial score (nSPS) is 11.9. The molecule has 3 N–H and O–H groups in total. The number of hydrogen-bond acceptors (Lipinski definition) is 6. The number of thioether (sulfide) groups is 1. The zero-order valence-corrected chi connectivity index (χ0v) is 21.6. The van der Waals surface area contributed by atoms with Crippen molar-refractivity contribution in [1.82, 2.24) is 4.98 Å². The molecule has 1 aromatic heterocycles. The maximum atomic E-state index is 14.1. The Kier molecular flexibility index (Phi) is 8.08. The number of fused-ring (bicyclic) bond motifs is 1. The number of rotatable bonds is 10. The van der Waals surface area contributed by atoms with Gasteiger partial charge in [-0.15, -0.1) is 11.8 Å². The van der Waals surface area contributed by atoms with E-state index < -0.39 is 6.04 Å². The van der Waals surface area contributed by atoms with Gasteiger partial charge in [0.15, 0.2) is 5.78 Å². The van der Waals surface area contributed by atoms with E-state index in [9.17, 15) is 14.3 Å². The number of aryl methyl sites for hydroxylation is 1. The van der Waals surface area contributed by atoms with Gasteiger partial charge in [-0.3, -0.25) is 4.79 Å². The maximum absolute atomic E-state index is 14.1. The molecule has 0 saturated carbocycles. The van der Waals surface area contributed by atoms with Gasteiger partial charge < -0.3 is 24.9 Å². The Labute approximate surface area is 217 Å². The van der Waals surface area contributed by atoms with Gasteiger partial charge in [-0.05, 0) is 55.1 Å². The van der Waals surface area contributed by atoms with E-state index in [4.69, 9.17) is 21.1 Å². The second-order valence-electron chi connectivity index (χ2n) is 8.15. The van der Waals surface area contributed by atoms with Crippen LogP contribution in [0.3, 0.4) is 0 Å². The fraction of sp³-hybridized carbons (Fsp3) is 0.222. The molecular weight excluding hydrogens is 503 g/mol. The van der Waals surface area contributed by atoms with Gasteiger partial charge in [0.25, 0.3) is 0 Å². The molecule has 0 amide bonds. The number of Topliss-reactive ketones (excluding diaryl/α,β-unsaturated/α-hetero) is 1. The standard InChI is InChI=1S/C27H26ClFN2O4S/c1-15-8-21-22(14-30-24(21)13-23(15)29)27(33)26(20-5-4-16(28)9-25(20)35-7-6-32)31-17-10-18(34-2)12-19(11-17)36-3/h4-5,8-14,26,30-32H,6-7H2,1-3H3. The minimum Gasteiger partial charge on any atom is -0.497 e. The number of H-pyrrole nitrogens is 1. The summed E-state index contributed by atoms with van der Waals surface area (Å²) in [4.78, 5) is 18.0. The van der Waals surface area contributed by atoms with Crippen LogP contribution in [0.2, 0.25) is 5.02 Å². The molecule has 0 radical (unpaired) electrons. The molecule has 4 aromatic rings. The third-order valence-electron chi connectivity index (χ3n) is 5.79. The smallest absolute Gasteiger partial charge is 0.191 e. The van der Waals surface area contributed by atoms with Crippen molar-refractivity contribution in [3.8, 4) is 11.5 Å². The van der Waals surface area contributed by atoms with Gasteiger partial charge in [-0.1, -0.05) is 17.7 Å². The lowest BCUT2D eigenvalue weighted by molar-refractivity contribution is 0.0969. The Morgan fingerprint density at radius 3 is 2.75 bits per heavy atom. The van der Waals surface area contributed by atoms with E-state index in [0.29, 0.717) is 49.8 Å². The topological polar surface area (TPSA) is 83.6 Å². The van der Waals surface area contributed by atoms with E-state index >= 15 is 0 Å². The van der Waals surface area contributed by atoms with Crippen LogP contribution in [0.25, 0.3) is 10.9 Å². The second-order valence-corrected chi connectivity index (χ2v) is 9.46. The second kappa shape index (κ2) is 11.2. The molecule has 36 heavy (non-hydrogen) atoms. The molecule has 0 fully saturated rings. The van der Waals surface area contributed by atoms with E-state index in [0.717, 1.165) is 4.90 Å². The van der Waals surface area contributed by atoms with Crippen molar-refractivity contribution in [2.24, 2.45) is 0 Å². The lowest BCUT2D eigenvalue weighted by atomic mass is 9.95. The first-order valence-corrected chi connectivity index (χ1v) is 12.8. The van der Waals surface area contributed by atoms with Gasteiger partial charge in [-0.2, -0.15) is 0 Å². The molecule has 1 unspecified atom stereocenters. The number of aliphatic hydroxyl groups is 1. The molecule has 6 nitrogen and oxygen atoms in total. The highest BCUT2D eigenvalue weighted by molar-refractivity contribution is 7.98. The van der Waals surface area contributed by atoms with Gasteiger partial charge in [-0.25, -0.2) is 4.39 Å². The summed E-state index contributed by atoms with van der Waals surface area (Å²) in [6.45, 7) is 1.50. The summed E-state index contributed by atoms with van der Waals surface area (Å²) in [5, 5.41) is 13.7. The number of benzene rings is 3. The van der Waals surface area contributed by atoms with E-state index in [2.05, 4.69) is 10.3 Å². The van der Waals surface area contributed by atoms with Crippen LogP contribution in [-0.2, 0) is 0 Å². The van der Waals surface area contributed by atoms with Crippen molar-refractivity contribution < 1.29 is 23.8 Å². The van der Waals surface area contributed by atoms with Crippen molar-refractivity contribution in [2.45, 2.75) is 17.9 Å². The molecule has 4 rings (SSSR count). The van der Waals surface area contributed by atoms with Crippen molar-refractivity contribution in [2.75, 3.05) is 31.9 Å². The van der Waals surface area contributed by atoms with Crippen LogP contribution in [0.5, 0.6) is 11.5 Å². The molecule has 9 heteroatoms. The number of aromatic amines is 1. The van der Waals surface area contributed by atoms with Gasteiger partial charge in [0.05, 0.1) is 13.7 Å². The summed E-state index contributed by atoms with van der Waals surface area (Å²) < 4.78 is 25.3. The number of nitrogens with one attached hydrogen (secondary N) is 2. The minimum absolute atomic E-state index is 0.0373. The molecule has 0 spiro atoms. The summed E-state index contributed by atoms with van der Waals surface area (Å²) in [5.74, 6) is 0.410. The van der Waals surface area contributed by atoms with Crippen LogP contribution in [0.15, 0.2) is 59.6 Å². The van der Waals surface area contributed by atoms with Crippen LogP contribution >= 0.6 is 23.4 Å². The quantitative estimate of drug-likeness (QED) is 0.163. The number of halogens is 2. The Hall–Kier alpha value is -3.20. The summed E-state index contributed by atoms with van der Waals surface area (Å²) in [7, 11) is 1.58. The Balaban J connectivity index is 1.85. The number of carbonyl (C=O) groups excluding carboxylic acids is 1. The first kappa shape index (κ1) is 25.9. The first-order chi connectivity index (χ1) is 17.3. The predicted octanol–water partition coefficient (Wildman–Crippen LogP) is 6.41. The van der Waals surface area contributed by atoms with E-state index in [1.807, 2.05) is 18.4 Å². The molecule has 0 aliphatic heterocycles. The predicted molar refractivity (Wildman–Crippen MR) is 142 cm³/mol. The van der Waals surface area contributed by atoms with Gasteiger partial charge in [0.2, 0.25) is 0 Å². The Morgan fingerprint density at radius 2 is 2.03 bits per heavy atom. The lowest BCUT2D eigenvalue weighted by Crippen LogP contribution is -2.22. The molecule has 3 aromatic carbocycles. The summed E-state index contributed by atoms with van der Waals surface area (Å²) in [6, 6.07) is 12.8. The fourth-order valence-corrected chi connectivity index (χ4v) is 4.62. The highest BCUT2D eigenvalue weighted by atomic mass is 35.5. The van der Waals surface area contributed by atoms with Gasteiger partial charge in [0.1, 0.15) is 30.0 Å². The van der Waals surface area contributed by atoms with Crippen molar-refractivity contribution in [3.63, 3.8) is 0 Å². The van der Waals surface area contributed by atoms with Crippen LogP contribution in [0.4, 0.5) is 10.1 Å². The Morgan fingerprint density at radius 1 is 1.22 bits per heavy atom. The molecule has 188 valence electrons. The highest BCUT2D eigenvalue weighted by Crippen LogP contribution is 2.36. The highest BCUT2D eigenvalue weighted by Gasteiger charge is 2.28. The first-order valence-electron chi connectivity index (χ1n) is 11.2. The average Bonchev–Trinajstić information content (AvgIpc) is 3.28. The van der Waals surface area contributed by atoms with Crippen molar-refractivity contribution in [1.29, 1.82) is 0 Å². The maximum Gasteiger partial charge on any atom is 0.191 e.